The van der Waals surface area contributed by atoms with Gasteiger partial charge in [-0.15, -0.1) is 0 Å². The molecule has 1 rings (SSSR count). The fourth-order valence-corrected chi connectivity index (χ4v) is 2.15. The van der Waals surface area contributed by atoms with Gasteiger partial charge in [-0.3, -0.25) is 4.79 Å². The molecule has 1 unspecified atom stereocenters. The Kier molecular flexibility index (Phi) is 7.06. The number of carbonyl (C=O) groups excluding carboxylic acids is 2. The summed E-state index contributed by atoms with van der Waals surface area (Å²) in [6.07, 6.45) is -4.48. The third-order valence-electron chi connectivity index (χ3n) is 3.37. The number of alkyl halides is 3. The zero-order chi connectivity index (χ0) is 18.3. The first-order valence-electron chi connectivity index (χ1n) is 7.53. The van der Waals surface area contributed by atoms with Crippen molar-refractivity contribution in [3.05, 3.63) is 35.4 Å². The number of benzene rings is 1. The summed E-state index contributed by atoms with van der Waals surface area (Å²) in [4.78, 5) is 23.2. The molecule has 0 fully saturated rings. The second kappa shape index (κ2) is 8.56. The van der Waals surface area contributed by atoms with Gasteiger partial charge >= 0.3 is 12.2 Å². The molecule has 3 amide bonds. The van der Waals surface area contributed by atoms with E-state index in [4.69, 9.17) is 0 Å². The number of amides is 3. The molecule has 0 bridgehead atoms. The van der Waals surface area contributed by atoms with Crippen molar-refractivity contribution in [2.75, 3.05) is 13.1 Å². The highest BCUT2D eigenvalue weighted by atomic mass is 19.4. The Balaban J connectivity index is 2.55. The molecular weight excluding hydrogens is 323 g/mol. The van der Waals surface area contributed by atoms with Gasteiger partial charge in [-0.2, -0.15) is 13.2 Å². The van der Waals surface area contributed by atoms with Gasteiger partial charge in [0, 0.05) is 0 Å². The summed E-state index contributed by atoms with van der Waals surface area (Å²) in [7, 11) is 0. The van der Waals surface area contributed by atoms with Crippen molar-refractivity contribution < 1.29 is 22.8 Å². The highest BCUT2D eigenvalue weighted by Gasteiger charge is 2.27. The predicted octanol–water partition coefficient (Wildman–Crippen LogP) is 2.67. The average Bonchev–Trinajstić information content (AvgIpc) is 2.48. The Labute approximate surface area is 139 Å². The summed E-state index contributed by atoms with van der Waals surface area (Å²) < 4.78 is 36.0. The molecular formula is C16H22F3N3O2. The van der Waals surface area contributed by atoms with Gasteiger partial charge in [0.05, 0.1) is 12.6 Å². The van der Waals surface area contributed by atoms with Crippen LogP contribution in [0, 0.1) is 12.8 Å². The number of nitrogens with one attached hydrogen (secondary N) is 3. The first-order valence-corrected chi connectivity index (χ1v) is 7.53. The van der Waals surface area contributed by atoms with E-state index in [1.807, 2.05) is 45.0 Å². The second-order valence-electron chi connectivity index (χ2n) is 5.80. The van der Waals surface area contributed by atoms with E-state index in [-0.39, 0.29) is 12.0 Å². The summed E-state index contributed by atoms with van der Waals surface area (Å²) in [6, 6.07) is 6.69. The molecule has 0 heterocycles. The summed E-state index contributed by atoms with van der Waals surface area (Å²) in [5.74, 6) is -0.810. The third kappa shape index (κ3) is 6.89. The van der Waals surface area contributed by atoms with Crippen LogP contribution in [0.4, 0.5) is 18.0 Å². The Morgan fingerprint density at radius 2 is 1.75 bits per heavy atom. The van der Waals surface area contributed by atoms with Crippen molar-refractivity contribution in [1.29, 1.82) is 0 Å². The Morgan fingerprint density at radius 3 is 2.29 bits per heavy atom. The van der Waals surface area contributed by atoms with Crippen molar-refractivity contribution in [3.63, 3.8) is 0 Å². The minimum Gasteiger partial charge on any atom is -0.345 e. The monoisotopic (exact) mass is 345 g/mol. The molecule has 134 valence electrons. The van der Waals surface area contributed by atoms with Crippen LogP contribution in [0.5, 0.6) is 0 Å². The van der Waals surface area contributed by atoms with E-state index in [0.717, 1.165) is 11.1 Å². The summed E-state index contributed by atoms with van der Waals surface area (Å²) in [5.41, 5.74) is 1.96. The standard InChI is InChI=1S/C16H22F3N3O2/c1-10(2)14(12-7-5-4-6-11(12)3)22-15(24)20-8-13(23)21-9-16(17,18)19/h4-7,10,14H,8-9H2,1-3H3,(H,21,23)(H2,20,22,24). The first kappa shape index (κ1) is 19.8. The fourth-order valence-electron chi connectivity index (χ4n) is 2.15. The molecule has 3 N–H and O–H groups in total. The van der Waals surface area contributed by atoms with Crippen molar-refractivity contribution in [1.82, 2.24) is 16.0 Å². The van der Waals surface area contributed by atoms with Gasteiger partial charge in [0.2, 0.25) is 5.91 Å². The highest BCUT2D eigenvalue weighted by molar-refractivity contribution is 5.84. The number of aryl methyl sites for hydroxylation is 1. The summed E-state index contributed by atoms with van der Waals surface area (Å²) >= 11 is 0. The van der Waals surface area contributed by atoms with Gasteiger partial charge in [0.15, 0.2) is 0 Å². The predicted molar refractivity (Wildman–Crippen MR) is 84.4 cm³/mol. The molecule has 5 nitrogen and oxygen atoms in total. The Morgan fingerprint density at radius 1 is 1.12 bits per heavy atom. The molecule has 0 aromatic heterocycles. The summed E-state index contributed by atoms with van der Waals surface area (Å²) in [5, 5.41) is 6.70. The zero-order valence-corrected chi connectivity index (χ0v) is 13.8. The maximum atomic E-state index is 12.0. The maximum Gasteiger partial charge on any atom is 0.405 e. The zero-order valence-electron chi connectivity index (χ0n) is 13.8. The molecule has 0 radical (unpaired) electrons. The number of halogens is 3. The first-order chi connectivity index (χ1) is 11.1. The number of urea groups is 1. The van der Waals surface area contributed by atoms with Crippen molar-refractivity contribution in [2.45, 2.75) is 33.0 Å². The van der Waals surface area contributed by atoms with E-state index < -0.39 is 31.2 Å². The Bertz CT molecular complexity index is 574. The van der Waals surface area contributed by atoms with Crippen molar-refractivity contribution in [2.24, 2.45) is 5.92 Å². The molecule has 0 aliphatic heterocycles. The lowest BCUT2D eigenvalue weighted by Crippen LogP contribution is -2.45. The molecule has 0 saturated carbocycles. The van der Waals surface area contributed by atoms with Gasteiger partial charge < -0.3 is 16.0 Å². The van der Waals surface area contributed by atoms with E-state index in [9.17, 15) is 22.8 Å². The lowest BCUT2D eigenvalue weighted by atomic mass is 9.93. The third-order valence-corrected chi connectivity index (χ3v) is 3.37. The minimum atomic E-state index is -4.48. The van der Waals surface area contributed by atoms with Gasteiger partial charge in [0.25, 0.3) is 0 Å². The second-order valence-corrected chi connectivity index (χ2v) is 5.80. The fraction of sp³-hybridized carbons (Fsp3) is 0.500. The van der Waals surface area contributed by atoms with Gasteiger partial charge in [-0.1, -0.05) is 38.1 Å². The smallest absolute Gasteiger partial charge is 0.345 e. The van der Waals surface area contributed by atoms with Crippen LogP contribution in [0.3, 0.4) is 0 Å². The Hall–Kier alpha value is -2.25. The molecule has 8 heteroatoms. The van der Waals surface area contributed by atoms with Crippen LogP contribution in [-0.2, 0) is 4.79 Å². The van der Waals surface area contributed by atoms with E-state index in [1.54, 1.807) is 5.32 Å². The van der Waals surface area contributed by atoms with Crippen LogP contribution in [0.2, 0.25) is 0 Å². The number of carbonyl (C=O) groups is 2. The van der Waals surface area contributed by atoms with Crippen LogP contribution in [0.25, 0.3) is 0 Å². The molecule has 0 aliphatic rings. The highest BCUT2D eigenvalue weighted by Crippen LogP contribution is 2.24. The van der Waals surface area contributed by atoms with Gasteiger partial charge in [-0.25, -0.2) is 4.79 Å². The van der Waals surface area contributed by atoms with Crippen molar-refractivity contribution in [3.8, 4) is 0 Å². The van der Waals surface area contributed by atoms with E-state index in [1.165, 1.54) is 0 Å². The molecule has 0 spiro atoms. The average molecular weight is 345 g/mol. The lowest BCUT2D eigenvalue weighted by molar-refractivity contribution is -0.137. The maximum absolute atomic E-state index is 12.0. The van der Waals surface area contributed by atoms with Crippen LogP contribution < -0.4 is 16.0 Å². The van der Waals surface area contributed by atoms with E-state index >= 15 is 0 Å². The number of hydrogen-bond donors (Lipinski definition) is 3. The van der Waals surface area contributed by atoms with Crippen LogP contribution in [-0.4, -0.2) is 31.2 Å². The van der Waals surface area contributed by atoms with Gasteiger partial charge in [-0.05, 0) is 24.0 Å². The molecule has 1 aromatic carbocycles. The SMILES string of the molecule is Cc1ccccc1C(NC(=O)NCC(=O)NCC(F)(F)F)C(C)C. The topological polar surface area (TPSA) is 70.2 Å². The number of rotatable bonds is 6. The molecule has 0 aliphatic carbocycles. The van der Waals surface area contributed by atoms with E-state index in [2.05, 4.69) is 10.6 Å². The van der Waals surface area contributed by atoms with Crippen LogP contribution >= 0.6 is 0 Å². The molecule has 1 aromatic rings. The molecule has 1 atom stereocenters. The van der Waals surface area contributed by atoms with Crippen molar-refractivity contribution >= 4 is 11.9 Å². The normalized spacial score (nSPS) is 12.6. The van der Waals surface area contributed by atoms with Gasteiger partial charge in [0.1, 0.15) is 6.54 Å². The van der Waals surface area contributed by atoms with E-state index in [0.29, 0.717) is 0 Å². The largest absolute Gasteiger partial charge is 0.405 e. The summed E-state index contributed by atoms with van der Waals surface area (Å²) in [6.45, 7) is 3.85. The quantitative estimate of drug-likeness (QED) is 0.742. The number of hydrogen-bond acceptors (Lipinski definition) is 2. The van der Waals surface area contributed by atoms with Crippen LogP contribution in [0.15, 0.2) is 24.3 Å². The minimum absolute atomic E-state index is 0.0934. The van der Waals surface area contributed by atoms with Crippen LogP contribution in [0.1, 0.15) is 31.0 Å². The molecule has 0 saturated heterocycles. The molecule has 24 heavy (non-hydrogen) atoms. The lowest BCUT2D eigenvalue weighted by Gasteiger charge is -2.24.